The lowest BCUT2D eigenvalue weighted by Crippen LogP contribution is -2.65. The molecular weight excluding hydrogens is 328 g/mol. The van der Waals surface area contributed by atoms with Crippen LogP contribution >= 0.6 is 11.6 Å². The molecule has 130 valence electrons. The predicted octanol–water partition coefficient (Wildman–Crippen LogP) is 2.33. The second-order valence-electron chi connectivity index (χ2n) is 7.08. The number of benzene rings is 1. The summed E-state index contributed by atoms with van der Waals surface area (Å²) < 4.78 is 0. The molecule has 1 saturated heterocycles. The first kappa shape index (κ1) is 17.2. The van der Waals surface area contributed by atoms with Crippen molar-refractivity contribution in [1.29, 1.82) is 0 Å². The van der Waals surface area contributed by atoms with Crippen molar-refractivity contribution in [1.82, 2.24) is 10.2 Å². The van der Waals surface area contributed by atoms with E-state index in [2.05, 4.69) is 5.32 Å². The summed E-state index contributed by atoms with van der Waals surface area (Å²) in [6.07, 6.45) is 5.03. The van der Waals surface area contributed by atoms with Crippen LogP contribution in [0.3, 0.4) is 0 Å². The average molecular weight is 351 g/mol. The van der Waals surface area contributed by atoms with Crippen molar-refractivity contribution < 1.29 is 14.7 Å². The summed E-state index contributed by atoms with van der Waals surface area (Å²) in [5.41, 5.74) is 0.516. The highest BCUT2D eigenvalue weighted by Gasteiger charge is 2.49. The summed E-state index contributed by atoms with van der Waals surface area (Å²) in [6.45, 7) is 0.958. The number of likely N-dealkylation sites (tertiary alicyclic amines) is 1. The zero-order valence-corrected chi connectivity index (χ0v) is 14.4. The third-order valence-electron chi connectivity index (χ3n) is 5.04. The van der Waals surface area contributed by atoms with Crippen LogP contribution in [0, 0.1) is 5.41 Å². The van der Waals surface area contributed by atoms with Crippen LogP contribution in [0.2, 0.25) is 5.02 Å². The zero-order valence-electron chi connectivity index (χ0n) is 13.6. The number of hydrogen-bond acceptors (Lipinski definition) is 3. The van der Waals surface area contributed by atoms with E-state index in [1.807, 2.05) is 29.2 Å². The average Bonchev–Trinajstić information content (AvgIpc) is 2.99. The van der Waals surface area contributed by atoms with E-state index in [1.54, 1.807) is 0 Å². The van der Waals surface area contributed by atoms with E-state index < -0.39 is 11.4 Å². The van der Waals surface area contributed by atoms with Crippen LogP contribution in [0.1, 0.15) is 31.2 Å². The second-order valence-corrected chi connectivity index (χ2v) is 7.51. The number of hydrogen-bond donors (Lipinski definition) is 2. The third kappa shape index (κ3) is 3.90. The van der Waals surface area contributed by atoms with Crippen LogP contribution in [-0.2, 0) is 16.0 Å². The molecule has 1 aromatic rings. The standard InChI is InChI=1S/C18H23ClN2O3/c19-14-7-5-13(6-8-14)9-18(11-21(12-18)10-16(22)23)17(24)20-15-3-1-2-4-15/h5-8,15H,1-4,9-12H2,(H,20,24)(H,22,23). The molecule has 2 fully saturated rings. The van der Waals surface area contributed by atoms with Gasteiger partial charge < -0.3 is 10.4 Å². The third-order valence-corrected chi connectivity index (χ3v) is 5.29. The molecule has 3 rings (SSSR count). The van der Waals surface area contributed by atoms with Gasteiger partial charge in [-0.05, 0) is 37.0 Å². The first-order valence-electron chi connectivity index (χ1n) is 8.46. The lowest BCUT2D eigenvalue weighted by Gasteiger charge is -2.48. The molecule has 1 amide bonds. The first-order chi connectivity index (χ1) is 11.5. The van der Waals surface area contributed by atoms with E-state index in [-0.39, 0.29) is 18.5 Å². The predicted molar refractivity (Wildman–Crippen MR) is 92.1 cm³/mol. The van der Waals surface area contributed by atoms with E-state index in [1.165, 1.54) is 12.8 Å². The van der Waals surface area contributed by atoms with Gasteiger partial charge in [-0.3, -0.25) is 14.5 Å². The fraction of sp³-hybridized carbons (Fsp3) is 0.556. The Morgan fingerprint density at radius 3 is 2.42 bits per heavy atom. The van der Waals surface area contributed by atoms with Crippen molar-refractivity contribution in [3.05, 3.63) is 34.9 Å². The Hall–Kier alpha value is -1.59. The van der Waals surface area contributed by atoms with Gasteiger partial charge >= 0.3 is 5.97 Å². The molecule has 6 heteroatoms. The van der Waals surface area contributed by atoms with Crippen molar-refractivity contribution in [2.75, 3.05) is 19.6 Å². The minimum absolute atomic E-state index is 0.0148. The minimum atomic E-state index is -0.855. The molecule has 24 heavy (non-hydrogen) atoms. The number of amides is 1. The number of aliphatic carboxylic acids is 1. The Morgan fingerprint density at radius 2 is 1.83 bits per heavy atom. The van der Waals surface area contributed by atoms with Crippen LogP contribution in [0.5, 0.6) is 0 Å². The fourth-order valence-corrected chi connectivity index (χ4v) is 3.98. The van der Waals surface area contributed by atoms with Gasteiger partial charge in [0.1, 0.15) is 0 Å². The van der Waals surface area contributed by atoms with Gasteiger partial charge in [-0.15, -0.1) is 0 Å². The van der Waals surface area contributed by atoms with Crippen molar-refractivity contribution in [3.63, 3.8) is 0 Å². The molecule has 1 heterocycles. The smallest absolute Gasteiger partial charge is 0.317 e. The van der Waals surface area contributed by atoms with E-state index in [0.717, 1.165) is 18.4 Å². The molecule has 0 spiro atoms. The number of carboxylic acid groups (broad SMARTS) is 1. The number of nitrogens with zero attached hydrogens (tertiary/aromatic N) is 1. The summed E-state index contributed by atoms with van der Waals surface area (Å²) in [6, 6.07) is 7.80. The molecule has 0 atom stereocenters. The topological polar surface area (TPSA) is 69.6 Å². The minimum Gasteiger partial charge on any atom is -0.480 e. The SMILES string of the molecule is O=C(O)CN1CC(Cc2ccc(Cl)cc2)(C(=O)NC2CCCC2)C1. The van der Waals surface area contributed by atoms with Crippen molar-refractivity contribution in [2.45, 2.75) is 38.1 Å². The Labute approximate surface area is 147 Å². The van der Waals surface area contributed by atoms with Crippen molar-refractivity contribution >= 4 is 23.5 Å². The fourth-order valence-electron chi connectivity index (χ4n) is 3.85. The lowest BCUT2D eigenvalue weighted by atomic mass is 9.73. The summed E-state index contributed by atoms with van der Waals surface area (Å²) in [7, 11) is 0. The molecule has 1 saturated carbocycles. The molecule has 2 aliphatic rings. The van der Waals surface area contributed by atoms with Gasteiger partial charge in [-0.2, -0.15) is 0 Å². The van der Waals surface area contributed by atoms with E-state index in [9.17, 15) is 9.59 Å². The molecule has 0 radical (unpaired) electrons. The lowest BCUT2D eigenvalue weighted by molar-refractivity contribution is -0.150. The monoisotopic (exact) mass is 350 g/mol. The van der Waals surface area contributed by atoms with Gasteiger partial charge in [0.2, 0.25) is 5.91 Å². The highest BCUT2D eigenvalue weighted by atomic mass is 35.5. The van der Waals surface area contributed by atoms with Crippen LogP contribution in [0.15, 0.2) is 24.3 Å². The molecule has 0 unspecified atom stereocenters. The Balaban J connectivity index is 1.70. The van der Waals surface area contributed by atoms with E-state index in [4.69, 9.17) is 16.7 Å². The maximum absolute atomic E-state index is 12.9. The summed E-state index contributed by atoms with van der Waals surface area (Å²) in [5.74, 6) is -0.794. The van der Waals surface area contributed by atoms with Gasteiger partial charge in [-0.1, -0.05) is 36.6 Å². The van der Waals surface area contributed by atoms with Gasteiger partial charge in [-0.25, -0.2) is 0 Å². The van der Waals surface area contributed by atoms with Crippen LogP contribution < -0.4 is 5.32 Å². The maximum Gasteiger partial charge on any atom is 0.317 e. The molecule has 1 aliphatic carbocycles. The quantitative estimate of drug-likeness (QED) is 0.826. The summed E-state index contributed by atoms with van der Waals surface area (Å²) >= 11 is 5.93. The summed E-state index contributed by atoms with van der Waals surface area (Å²) in [4.78, 5) is 25.6. The normalized spacial score (nSPS) is 20.5. The van der Waals surface area contributed by atoms with Crippen LogP contribution in [-0.4, -0.2) is 47.6 Å². The highest BCUT2D eigenvalue weighted by molar-refractivity contribution is 6.30. The van der Waals surface area contributed by atoms with E-state index >= 15 is 0 Å². The summed E-state index contributed by atoms with van der Waals surface area (Å²) in [5, 5.41) is 12.8. The van der Waals surface area contributed by atoms with Gasteiger partial charge in [0, 0.05) is 24.2 Å². The number of halogens is 1. The Kier molecular flexibility index (Phi) is 5.11. The van der Waals surface area contributed by atoms with Crippen LogP contribution in [0.4, 0.5) is 0 Å². The van der Waals surface area contributed by atoms with Gasteiger partial charge in [0.25, 0.3) is 0 Å². The Morgan fingerprint density at radius 1 is 1.21 bits per heavy atom. The molecule has 1 aromatic carbocycles. The molecule has 1 aliphatic heterocycles. The van der Waals surface area contributed by atoms with Crippen molar-refractivity contribution in [2.24, 2.45) is 5.41 Å². The van der Waals surface area contributed by atoms with Gasteiger partial charge in [0.15, 0.2) is 0 Å². The number of rotatable bonds is 6. The molecule has 2 N–H and O–H groups in total. The Bertz CT molecular complexity index is 605. The molecular formula is C18H23ClN2O3. The zero-order chi connectivity index (χ0) is 17.2. The number of carbonyl (C=O) groups excluding carboxylic acids is 1. The first-order valence-corrected chi connectivity index (χ1v) is 8.84. The van der Waals surface area contributed by atoms with E-state index in [0.29, 0.717) is 24.5 Å². The largest absolute Gasteiger partial charge is 0.480 e. The molecule has 5 nitrogen and oxygen atoms in total. The number of carbonyl (C=O) groups is 2. The van der Waals surface area contributed by atoms with Gasteiger partial charge in [0.05, 0.1) is 12.0 Å². The highest BCUT2D eigenvalue weighted by Crippen LogP contribution is 2.35. The number of nitrogens with one attached hydrogen (secondary N) is 1. The molecule has 0 bridgehead atoms. The molecule has 0 aromatic heterocycles. The number of carboxylic acids is 1. The second kappa shape index (κ2) is 7.11. The van der Waals surface area contributed by atoms with Crippen molar-refractivity contribution in [3.8, 4) is 0 Å². The maximum atomic E-state index is 12.9. The van der Waals surface area contributed by atoms with Crippen LogP contribution in [0.25, 0.3) is 0 Å².